The Morgan fingerprint density at radius 1 is 1.35 bits per heavy atom. The molecule has 0 aromatic heterocycles. The van der Waals surface area contributed by atoms with E-state index in [4.69, 9.17) is 10.00 Å². The summed E-state index contributed by atoms with van der Waals surface area (Å²) in [6.45, 7) is 3.87. The molecule has 1 N–H and O–H groups in total. The largest absolute Gasteiger partial charge is 0.371 e. The molecule has 20 heavy (non-hydrogen) atoms. The molecule has 2 aliphatic heterocycles. The van der Waals surface area contributed by atoms with Gasteiger partial charge in [0.2, 0.25) is 0 Å². The molecule has 2 fully saturated rings. The van der Waals surface area contributed by atoms with Gasteiger partial charge in [-0.05, 0) is 17.7 Å². The highest BCUT2D eigenvalue weighted by atomic mass is 19.1. The van der Waals surface area contributed by atoms with E-state index >= 15 is 0 Å². The number of morpholine rings is 1. The van der Waals surface area contributed by atoms with E-state index in [2.05, 4.69) is 10.2 Å². The number of hydrogen-bond donors (Lipinski definition) is 1. The van der Waals surface area contributed by atoms with Crippen LogP contribution in [0, 0.1) is 23.0 Å². The Kier molecular flexibility index (Phi) is 3.66. The molecule has 6 heteroatoms. The number of halogens is 2. The van der Waals surface area contributed by atoms with Crippen molar-refractivity contribution in [3.8, 4) is 6.07 Å². The molecule has 1 aromatic carbocycles. The van der Waals surface area contributed by atoms with Crippen molar-refractivity contribution in [3.63, 3.8) is 0 Å². The summed E-state index contributed by atoms with van der Waals surface area (Å²) in [6.07, 6.45) is -0.346. The molecule has 2 heterocycles. The Bertz CT molecular complexity index is 535. The van der Waals surface area contributed by atoms with Crippen LogP contribution in [0.5, 0.6) is 0 Å². The Morgan fingerprint density at radius 3 is 2.80 bits per heavy atom. The number of ether oxygens (including phenoxy) is 1. The maximum atomic E-state index is 13.7. The lowest BCUT2D eigenvalue weighted by Gasteiger charge is -2.42. The third-order valence-electron chi connectivity index (χ3n) is 3.91. The standard InChI is InChI=1S/C14H15F2N3O/c15-12-3-9(4-13(16)11(12)5-17)14-7-19-2-1-18-6-10(19)8-20-14/h3-4,10,14,18H,1-2,6-8H2/t10-,14?/m0/s1. The summed E-state index contributed by atoms with van der Waals surface area (Å²) in [5.74, 6) is -1.65. The fourth-order valence-corrected chi connectivity index (χ4v) is 2.79. The Balaban J connectivity index is 1.82. The SMILES string of the molecule is N#Cc1c(F)cc(C2CN3CCNC[C@H]3CO2)cc1F. The summed E-state index contributed by atoms with van der Waals surface area (Å²) in [4.78, 5) is 2.28. The Morgan fingerprint density at radius 2 is 2.10 bits per heavy atom. The molecule has 4 nitrogen and oxygen atoms in total. The van der Waals surface area contributed by atoms with Gasteiger partial charge in [-0.25, -0.2) is 8.78 Å². The quantitative estimate of drug-likeness (QED) is 0.838. The topological polar surface area (TPSA) is 48.3 Å². The fourth-order valence-electron chi connectivity index (χ4n) is 2.79. The van der Waals surface area contributed by atoms with Gasteiger partial charge in [-0.2, -0.15) is 5.26 Å². The van der Waals surface area contributed by atoms with Crippen molar-refractivity contribution in [1.82, 2.24) is 10.2 Å². The van der Waals surface area contributed by atoms with Crippen LogP contribution in [0.4, 0.5) is 8.78 Å². The number of rotatable bonds is 1. The summed E-state index contributed by atoms with van der Waals surface area (Å²) in [6, 6.07) is 4.26. The van der Waals surface area contributed by atoms with Crippen molar-refractivity contribution >= 4 is 0 Å². The van der Waals surface area contributed by atoms with Crippen molar-refractivity contribution in [1.29, 1.82) is 5.26 Å². The van der Waals surface area contributed by atoms with Gasteiger partial charge in [0.05, 0.1) is 12.7 Å². The highest BCUT2D eigenvalue weighted by molar-refractivity contribution is 5.36. The second-order valence-electron chi connectivity index (χ2n) is 5.15. The van der Waals surface area contributed by atoms with Gasteiger partial charge in [0.25, 0.3) is 0 Å². The van der Waals surface area contributed by atoms with Gasteiger partial charge in [-0.3, -0.25) is 4.90 Å². The van der Waals surface area contributed by atoms with Crippen molar-refractivity contribution in [2.45, 2.75) is 12.1 Å². The van der Waals surface area contributed by atoms with Crippen molar-refractivity contribution in [3.05, 3.63) is 34.9 Å². The number of piperazine rings is 1. The van der Waals surface area contributed by atoms with Gasteiger partial charge >= 0.3 is 0 Å². The maximum absolute atomic E-state index is 13.7. The van der Waals surface area contributed by atoms with Crippen LogP contribution in [0.25, 0.3) is 0 Å². The van der Waals surface area contributed by atoms with Gasteiger partial charge in [0, 0.05) is 32.2 Å². The van der Waals surface area contributed by atoms with Crippen LogP contribution in [0.1, 0.15) is 17.2 Å². The van der Waals surface area contributed by atoms with Crippen LogP contribution >= 0.6 is 0 Å². The molecular weight excluding hydrogens is 264 g/mol. The molecule has 0 saturated carbocycles. The normalized spacial score (nSPS) is 26.9. The lowest BCUT2D eigenvalue weighted by Crippen LogP contribution is -2.57. The van der Waals surface area contributed by atoms with Gasteiger partial charge in [-0.15, -0.1) is 0 Å². The van der Waals surface area contributed by atoms with E-state index in [9.17, 15) is 8.78 Å². The third-order valence-corrected chi connectivity index (χ3v) is 3.91. The number of nitrogens with one attached hydrogen (secondary N) is 1. The second kappa shape index (κ2) is 5.44. The molecule has 0 aliphatic carbocycles. The van der Waals surface area contributed by atoms with Crippen LogP contribution < -0.4 is 5.32 Å². The van der Waals surface area contributed by atoms with Crippen LogP contribution in [0.15, 0.2) is 12.1 Å². The average molecular weight is 279 g/mol. The van der Waals surface area contributed by atoms with E-state index < -0.39 is 17.2 Å². The summed E-state index contributed by atoms with van der Waals surface area (Å²) in [7, 11) is 0. The fraction of sp³-hybridized carbons (Fsp3) is 0.500. The van der Waals surface area contributed by atoms with E-state index in [0.717, 1.165) is 19.6 Å². The predicted molar refractivity (Wildman–Crippen MR) is 68.0 cm³/mol. The first-order valence-corrected chi connectivity index (χ1v) is 6.64. The summed E-state index contributed by atoms with van der Waals surface area (Å²) >= 11 is 0. The first-order valence-electron chi connectivity index (χ1n) is 6.64. The van der Waals surface area contributed by atoms with Gasteiger partial charge in [-0.1, -0.05) is 0 Å². The monoisotopic (exact) mass is 279 g/mol. The Labute approximate surface area is 115 Å². The summed E-state index contributed by atoms with van der Waals surface area (Å²) < 4.78 is 33.0. The highest BCUT2D eigenvalue weighted by Gasteiger charge is 2.32. The smallest absolute Gasteiger partial charge is 0.144 e. The van der Waals surface area contributed by atoms with E-state index in [0.29, 0.717) is 24.8 Å². The van der Waals surface area contributed by atoms with E-state index in [1.807, 2.05) is 0 Å². The molecule has 0 amide bonds. The molecular formula is C14H15F2N3O. The van der Waals surface area contributed by atoms with Crippen LogP contribution in [-0.2, 0) is 4.74 Å². The molecule has 2 saturated heterocycles. The zero-order valence-corrected chi connectivity index (χ0v) is 10.9. The lowest BCUT2D eigenvalue weighted by molar-refractivity contribution is -0.0719. The summed E-state index contributed by atoms with van der Waals surface area (Å²) in [5, 5.41) is 12.0. The Hall–Kier alpha value is -1.55. The van der Waals surface area contributed by atoms with E-state index in [1.165, 1.54) is 18.2 Å². The highest BCUT2D eigenvalue weighted by Crippen LogP contribution is 2.27. The molecule has 0 radical (unpaired) electrons. The van der Waals surface area contributed by atoms with E-state index in [1.54, 1.807) is 0 Å². The first-order chi connectivity index (χ1) is 9.69. The van der Waals surface area contributed by atoms with Gasteiger partial charge in [0.15, 0.2) is 0 Å². The number of hydrogen-bond acceptors (Lipinski definition) is 4. The van der Waals surface area contributed by atoms with Crippen LogP contribution in [0.2, 0.25) is 0 Å². The zero-order chi connectivity index (χ0) is 14.1. The number of fused-ring (bicyclic) bond motifs is 1. The number of benzene rings is 1. The molecule has 1 aromatic rings. The molecule has 3 rings (SSSR count). The molecule has 2 aliphatic rings. The zero-order valence-electron chi connectivity index (χ0n) is 10.9. The van der Waals surface area contributed by atoms with Crippen molar-refractivity contribution < 1.29 is 13.5 Å². The lowest BCUT2D eigenvalue weighted by atomic mass is 10.0. The van der Waals surface area contributed by atoms with Crippen LogP contribution in [-0.4, -0.2) is 43.7 Å². The van der Waals surface area contributed by atoms with Gasteiger partial charge < -0.3 is 10.1 Å². The molecule has 1 unspecified atom stereocenters. The number of nitriles is 1. The minimum atomic E-state index is -0.825. The molecule has 2 atom stereocenters. The number of nitrogens with zero attached hydrogens (tertiary/aromatic N) is 2. The van der Waals surface area contributed by atoms with Crippen LogP contribution in [0.3, 0.4) is 0 Å². The van der Waals surface area contributed by atoms with Crippen molar-refractivity contribution in [2.24, 2.45) is 0 Å². The third kappa shape index (κ3) is 2.40. The molecule has 0 bridgehead atoms. The first kappa shape index (κ1) is 13.4. The molecule has 106 valence electrons. The molecule has 0 spiro atoms. The second-order valence-corrected chi connectivity index (χ2v) is 5.15. The van der Waals surface area contributed by atoms with Gasteiger partial charge in [0.1, 0.15) is 23.3 Å². The predicted octanol–water partition coefficient (Wildman–Crippen LogP) is 1.18. The minimum Gasteiger partial charge on any atom is -0.371 e. The maximum Gasteiger partial charge on any atom is 0.144 e. The van der Waals surface area contributed by atoms with Crippen molar-refractivity contribution in [2.75, 3.05) is 32.8 Å². The average Bonchev–Trinajstić information content (AvgIpc) is 2.46. The summed E-state index contributed by atoms with van der Waals surface area (Å²) in [5.41, 5.74) is -0.0828. The van der Waals surface area contributed by atoms with E-state index in [-0.39, 0.29) is 6.10 Å². The minimum absolute atomic E-state index is 0.327.